The average Bonchev–Trinajstić information content (AvgIpc) is 3.21. The zero-order valence-corrected chi connectivity index (χ0v) is 29.7. The lowest BCUT2D eigenvalue weighted by Crippen LogP contribution is -2.32. The molecule has 1 aliphatic rings. The van der Waals surface area contributed by atoms with Gasteiger partial charge in [-0.25, -0.2) is 4.79 Å². The number of nitrogens with one attached hydrogen (secondary N) is 2. The number of carbonyl (C=O) groups excluding carboxylic acids is 1. The van der Waals surface area contributed by atoms with Crippen molar-refractivity contribution >= 4 is 23.5 Å². The highest BCUT2D eigenvalue weighted by molar-refractivity contribution is 7.99. The van der Waals surface area contributed by atoms with Gasteiger partial charge in [0.05, 0.1) is 18.8 Å². The lowest BCUT2D eigenvalue weighted by Gasteiger charge is -2.36. The smallest absolute Gasteiger partial charge is 0.319 e. The fourth-order valence-electron chi connectivity index (χ4n) is 6.08. The van der Waals surface area contributed by atoms with Gasteiger partial charge in [0.2, 0.25) is 0 Å². The quantitative estimate of drug-likeness (QED) is 0.0656. The van der Waals surface area contributed by atoms with Crippen LogP contribution in [0, 0.1) is 5.21 Å². The summed E-state index contributed by atoms with van der Waals surface area (Å²) in [6.07, 6.45) is 1.07. The molecule has 3 N–H and O–H groups in total. The van der Waals surface area contributed by atoms with Crippen molar-refractivity contribution in [3.63, 3.8) is 0 Å². The Bertz CT molecular complexity index is 2100. The summed E-state index contributed by atoms with van der Waals surface area (Å²) in [7, 11) is 0. The van der Waals surface area contributed by atoms with Crippen molar-refractivity contribution in [2.24, 2.45) is 0 Å². The molecular weight excluding hydrogens is 687 g/mol. The second kappa shape index (κ2) is 17.2. The Morgan fingerprint density at radius 2 is 1.49 bits per heavy atom. The molecule has 53 heavy (non-hydrogen) atoms. The number of anilines is 1. The van der Waals surface area contributed by atoms with Crippen LogP contribution < -0.4 is 20.1 Å². The Kier molecular flexibility index (Phi) is 11.6. The maximum Gasteiger partial charge on any atom is 0.319 e. The minimum atomic E-state index is -0.624. The summed E-state index contributed by atoms with van der Waals surface area (Å²) in [5.74, 6) is 2.00. The van der Waals surface area contributed by atoms with Crippen LogP contribution in [0.25, 0.3) is 11.1 Å². The minimum Gasteiger partial charge on any atom is -0.618 e. The molecule has 5 aromatic carbocycles. The predicted octanol–water partition coefficient (Wildman–Crippen LogP) is 8.93. The van der Waals surface area contributed by atoms with E-state index in [1.807, 2.05) is 121 Å². The van der Waals surface area contributed by atoms with Gasteiger partial charge in [-0.2, -0.15) is 4.73 Å². The first-order chi connectivity index (χ1) is 26.0. The predicted molar refractivity (Wildman–Crippen MR) is 205 cm³/mol. The molecule has 2 heterocycles. The largest absolute Gasteiger partial charge is 0.618 e. The summed E-state index contributed by atoms with van der Waals surface area (Å²) < 4.78 is 19.7. The number of thioether (sulfide) groups is 1. The molecular formula is C43H39N3O6S. The summed E-state index contributed by atoms with van der Waals surface area (Å²) in [4.78, 5) is 12.9. The number of pyridine rings is 1. The maximum absolute atomic E-state index is 12.9. The first-order valence-electron chi connectivity index (χ1n) is 17.4. The maximum atomic E-state index is 12.9. The second-order valence-corrected chi connectivity index (χ2v) is 13.6. The molecule has 1 aliphatic heterocycles. The number of ether oxygens (including phenoxy) is 3. The van der Waals surface area contributed by atoms with Gasteiger partial charge in [-0.05, 0) is 70.3 Å². The number of aliphatic hydroxyl groups excluding tert-OH is 1. The third kappa shape index (κ3) is 9.43. The van der Waals surface area contributed by atoms with E-state index < -0.39 is 6.29 Å². The normalized spacial score (nSPS) is 16.8. The van der Waals surface area contributed by atoms with Gasteiger partial charge in [0, 0.05) is 42.1 Å². The third-order valence-electron chi connectivity index (χ3n) is 8.86. The van der Waals surface area contributed by atoms with Gasteiger partial charge in [0.1, 0.15) is 11.5 Å². The summed E-state index contributed by atoms with van der Waals surface area (Å²) >= 11 is 1.46. The van der Waals surface area contributed by atoms with E-state index in [1.54, 1.807) is 24.3 Å². The SMILES string of the molecule is O=C(NCc1ccccc1-c1ccc(C2OC(CSc3cccc[n+]3[O-])CC(c3ccc(CO)cc3)O2)cc1)Nc1ccc(Oc2ccccc2)cc1. The molecule has 3 atom stereocenters. The first-order valence-corrected chi connectivity index (χ1v) is 18.4. The molecule has 0 saturated carbocycles. The highest BCUT2D eigenvalue weighted by Gasteiger charge is 2.32. The van der Waals surface area contributed by atoms with Crippen molar-refractivity contribution in [3.05, 3.63) is 179 Å². The molecule has 2 amide bonds. The van der Waals surface area contributed by atoms with Crippen molar-refractivity contribution in [3.8, 4) is 22.6 Å². The molecule has 1 saturated heterocycles. The number of hydrogen-bond acceptors (Lipinski definition) is 7. The third-order valence-corrected chi connectivity index (χ3v) is 10.0. The number of urea groups is 1. The van der Waals surface area contributed by atoms with Crippen molar-refractivity contribution in [2.75, 3.05) is 11.1 Å². The Morgan fingerprint density at radius 3 is 2.25 bits per heavy atom. The van der Waals surface area contributed by atoms with Crippen molar-refractivity contribution in [2.45, 2.75) is 43.1 Å². The zero-order valence-electron chi connectivity index (χ0n) is 28.8. The molecule has 0 bridgehead atoms. The number of rotatable bonds is 12. The molecule has 9 nitrogen and oxygen atoms in total. The van der Waals surface area contributed by atoms with Crippen LogP contribution in [0.15, 0.2) is 157 Å². The van der Waals surface area contributed by atoms with Crippen LogP contribution in [0.4, 0.5) is 10.5 Å². The summed E-state index contributed by atoms with van der Waals surface area (Å²) in [6.45, 7) is 0.303. The number of carbonyl (C=O) groups is 1. The molecule has 0 aliphatic carbocycles. The monoisotopic (exact) mass is 725 g/mol. The topological polar surface area (TPSA) is 116 Å². The summed E-state index contributed by atoms with van der Waals surface area (Å²) in [5.41, 5.74) is 6.31. The Balaban J connectivity index is 1.00. The molecule has 268 valence electrons. The van der Waals surface area contributed by atoms with E-state index >= 15 is 0 Å². The van der Waals surface area contributed by atoms with Gasteiger partial charge in [0.15, 0.2) is 12.5 Å². The first kappa shape index (κ1) is 35.7. The summed E-state index contributed by atoms with van der Waals surface area (Å²) in [6, 6.07) is 45.6. The van der Waals surface area contributed by atoms with Crippen LogP contribution in [-0.4, -0.2) is 23.0 Å². The van der Waals surface area contributed by atoms with E-state index in [1.165, 1.54) is 18.0 Å². The molecule has 7 rings (SSSR count). The van der Waals surface area contributed by atoms with E-state index in [2.05, 4.69) is 10.6 Å². The van der Waals surface area contributed by atoms with Crippen LogP contribution in [-0.2, 0) is 22.6 Å². The minimum absolute atomic E-state index is 0.0255. The Morgan fingerprint density at radius 1 is 0.792 bits per heavy atom. The Hall–Kier alpha value is -5.65. The van der Waals surface area contributed by atoms with E-state index in [0.29, 0.717) is 35.2 Å². The van der Waals surface area contributed by atoms with E-state index in [9.17, 15) is 15.1 Å². The molecule has 1 aromatic heterocycles. The van der Waals surface area contributed by atoms with Gasteiger partial charge in [-0.15, -0.1) is 0 Å². The fraction of sp³-hybridized carbons (Fsp3) is 0.163. The van der Waals surface area contributed by atoms with E-state index in [0.717, 1.165) is 43.9 Å². The van der Waals surface area contributed by atoms with Gasteiger partial charge in [-0.1, -0.05) is 103 Å². The Labute approximate surface area is 312 Å². The van der Waals surface area contributed by atoms with Crippen LogP contribution in [0.1, 0.15) is 41.1 Å². The fourth-order valence-corrected chi connectivity index (χ4v) is 7.02. The van der Waals surface area contributed by atoms with Crippen LogP contribution in [0.2, 0.25) is 0 Å². The molecule has 10 heteroatoms. The number of aliphatic hydroxyl groups is 1. The second-order valence-electron chi connectivity index (χ2n) is 12.6. The lowest BCUT2D eigenvalue weighted by molar-refractivity contribution is -0.645. The van der Waals surface area contributed by atoms with Crippen LogP contribution >= 0.6 is 11.8 Å². The van der Waals surface area contributed by atoms with E-state index in [-0.39, 0.29) is 24.8 Å². The van der Waals surface area contributed by atoms with Crippen LogP contribution in [0.3, 0.4) is 0 Å². The lowest BCUT2D eigenvalue weighted by atomic mass is 9.98. The average molecular weight is 726 g/mol. The van der Waals surface area contributed by atoms with Gasteiger partial charge in [-0.3, -0.25) is 0 Å². The zero-order chi connectivity index (χ0) is 36.4. The van der Waals surface area contributed by atoms with E-state index in [4.69, 9.17) is 14.2 Å². The molecule has 0 spiro atoms. The number of hydrogen-bond donors (Lipinski definition) is 3. The molecule has 1 fully saturated rings. The number of benzene rings is 5. The number of amides is 2. The number of aromatic nitrogens is 1. The van der Waals surface area contributed by atoms with Crippen LogP contribution in [0.5, 0.6) is 11.5 Å². The van der Waals surface area contributed by atoms with Crippen molar-refractivity contribution in [1.82, 2.24) is 5.32 Å². The molecule has 3 unspecified atom stereocenters. The number of nitrogens with zero attached hydrogens (tertiary/aromatic N) is 1. The summed E-state index contributed by atoms with van der Waals surface area (Å²) in [5, 5.41) is 28.3. The highest BCUT2D eigenvalue weighted by atomic mass is 32.2. The molecule has 0 radical (unpaired) electrons. The standard InChI is InChI=1S/C43H39N3O6S/c47-28-30-13-15-32(16-14-30)40-26-38(29-53-41-12-6-7-25-46(41)49)51-42(52-40)33-19-17-31(18-20-33)39-11-5-4-8-34(39)27-44-43(48)45-35-21-23-37(24-22-35)50-36-9-2-1-3-10-36/h1-25,38,40,42,47H,26-29H2,(H2,44,45,48). The van der Waals surface area contributed by atoms with Crippen molar-refractivity contribution in [1.29, 1.82) is 0 Å². The van der Waals surface area contributed by atoms with Crippen molar-refractivity contribution < 1.29 is 28.8 Å². The van der Waals surface area contributed by atoms with Gasteiger partial charge >= 0.3 is 6.03 Å². The highest BCUT2D eigenvalue weighted by Crippen LogP contribution is 2.40. The molecule has 6 aromatic rings. The number of para-hydroxylation sites is 1. The van der Waals surface area contributed by atoms with Gasteiger partial charge in [0.25, 0.3) is 5.03 Å². The van der Waals surface area contributed by atoms with Gasteiger partial charge < -0.3 is 35.2 Å².